The standard InChI is InChI=1S/C25H25N3O2/c1-26-15-24(29)27-14-23-20(13-22(27)25(26)30)19-8-4-5-9-21(19)28(23)18-11-10-16-6-2-3-7-17(16)12-18/h4-5,8-12,22H,2-3,6-7,13-15H2,1H3. The predicted octanol–water partition coefficient (Wildman–Crippen LogP) is 3.23. The normalized spacial score (nSPS) is 20.9. The van der Waals surface area contributed by atoms with E-state index in [0.717, 1.165) is 17.6 Å². The van der Waals surface area contributed by atoms with Crippen LogP contribution in [-0.4, -0.2) is 45.8 Å². The Balaban J connectivity index is 1.55. The quantitative estimate of drug-likeness (QED) is 0.631. The van der Waals surface area contributed by atoms with Crippen LogP contribution in [0, 0.1) is 0 Å². The molecule has 0 spiro atoms. The first-order valence-electron chi connectivity index (χ1n) is 10.9. The number of likely N-dealkylation sites (N-methyl/N-ethyl adjacent to an activating group) is 1. The summed E-state index contributed by atoms with van der Waals surface area (Å²) in [5.41, 5.74) is 7.60. The number of amides is 2. The third kappa shape index (κ3) is 2.47. The lowest BCUT2D eigenvalue weighted by molar-refractivity contribution is -0.155. The summed E-state index contributed by atoms with van der Waals surface area (Å²) < 4.78 is 2.33. The maximum atomic E-state index is 12.8. The second kappa shape index (κ2) is 6.46. The zero-order valence-corrected chi connectivity index (χ0v) is 17.2. The number of para-hydroxylation sites is 1. The number of aromatic nitrogens is 1. The summed E-state index contributed by atoms with van der Waals surface area (Å²) in [5.74, 6) is 0.0841. The van der Waals surface area contributed by atoms with Gasteiger partial charge >= 0.3 is 0 Å². The van der Waals surface area contributed by atoms with Crippen LogP contribution in [-0.2, 0) is 35.4 Å². The molecule has 0 saturated carbocycles. The minimum Gasteiger partial charge on any atom is -0.335 e. The Morgan fingerprint density at radius 3 is 2.60 bits per heavy atom. The van der Waals surface area contributed by atoms with Crippen LogP contribution in [0.25, 0.3) is 16.6 Å². The van der Waals surface area contributed by atoms with E-state index in [1.807, 2.05) is 0 Å². The first kappa shape index (κ1) is 17.8. The molecule has 3 aromatic rings. The van der Waals surface area contributed by atoms with Crippen molar-refractivity contribution in [2.24, 2.45) is 0 Å². The second-order valence-corrected chi connectivity index (χ2v) is 8.87. The third-order valence-corrected chi connectivity index (χ3v) is 7.13. The van der Waals surface area contributed by atoms with Gasteiger partial charge in [0, 0.05) is 30.2 Å². The topological polar surface area (TPSA) is 45.6 Å². The summed E-state index contributed by atoms with van der Waals surface area (Å²) >= 11 is 0. The molecule has 2 aromatic carbocycles. The lowest BCUT2D eigenvalue weighted by Crippen LogP contribution is -2.60. The molecule has 1 fully saturated rings. The monoisotopic (exact) mass is 399 g/mol. The third-order valence-electron chi connectivity index (χ3n) is 7.13. The number of carbonyl (C=O) groups is 2. The molecule has 6 rings (SSSR count). The van der Waals surface area contributed by atoms with Gasteiger partial charge in [-0.2, -0.15) is 0 Å². The Labute approximate surface area is 175 Å². The number of fused-ring (bicyclic) bond motifs is 5. The van der Waals surface area contributed by atoms with Gasteiger partial charge in [0.25, 0.3) is 0 Å². The van der Waals surface area contributed by atoms with E-state index >= 15 is 0 Å². The number of rotatable bonds is 1. The summed E-state index contributed by atoms with van der Waals surface area (Å²) in [4.78, 5) is 28.9. The molecule has 152 valence electrons. The van der Waals surface area contributed by atoms with Crippen LogP contribution >= 0.6 is 0 Å². The van der Waals surface area contributed by atoms with Crippen LogP contribution in [0.2, 0.25) is 0 Å². The van der Waals surface area contributed by atoms with E-state index in [9.17, 15) is 9.59 Å². The van der Waals surface area contributed by atoms with E-state index in [1.54, 1.807) is 16.8 Å². The molecule has 1 aliphatic carbocycles. The van der Waals surface area contributed by atoms with Gasteiger partial charge in [0.2, 0.25) is 11.8 Å². The van der Waals surface area contributed by atoms with Gasteiger partial charge < -0.3 is 14.4 Å². The van der Waals surface area contributed by atoms with Gasteiger partial charge in [-0.15, -0.1) is 0 Å². The zero-order valence-electron chi connectivity index (χ0n) is 17.2. The summed E-state index contributed by atoms with van der Waals surface area (Å²) in [6.07, 6.45) is 5.41. The van der Waals surface area contributed by atoms with Gasteiger partial charge in [-0.25, -0.2) is 0 Å². The van der Waals surface area contributed by atoms with Gasteiger partial charge in [-0.05, 0) is 60.6 Å². The highest BCUT2D eigenvalue weighted by molar-refractivity contribution is 5.97. The fraction of sp³-hybridized carbons (Fsp3) is 0.360. The molecule has 5 nitrogen and oxygen atoms in total. The maximum Gasteiger partial charge on any atom is 0.245 e. The van der Waals surface area contributed by atoms with Gasteiger partial charge in [0.1, 0.15) is 6.04 Å². The van der Waals surface area contributed by atoms with Crippen LogP contribution in [0.5, 0.6) is 0 Å². The summed E-state index contributed by atoms with van der Waals surface area (Å²) in [7, 11) is 1.73. The van der Waals surface area contributed by atoms with Gasteiger partial charge in [-0.3, -0.25) is 9.59 Å². The zero-order chi connectivity index (χ0) is 20.4. The molecule has 0 radical (unpaired) electrons. The molecule has 3 aliphatic rings. The van der Waals surface area contributed by atoms with Crippen LogP contribution in [0.1, 0.15) is 35.2 Å². The molecular formula is C25H25N3O2. The Bertz CT molecular complexity index is 1210. The fourth-order valence-corrected chi connectivity index (χ4v) is 5.59. The Kier molecular flexibility index (Phi) is 3.82. The number of carbonyl (C=O) groups excluding carboxylic acids is 2. The maximum absolute atomic E-state index is 12.8. The lowest BCUT2D eigenvalue weighted by Gasteiger charge is -2.41. The van der Waals surface area contributed by atoms with E-state index in [-0.39, 0.29) is 24.4 Å². The van der Waals surface area contributed by atoms with Gasteiger partial charge in [0.05, 0.1) is 18.6 Å². The van der Waals surface area contributed by atoms with Crippen LogP contribution in [0.4, 0.5) is 0 Å². The van der Waals surface area contributed by atoms with Gasteiger partial charge in [0.15, 0.2) is 0 Å². The van der Waals surface area contributed by atoms with Crippen molar-refractivity contribution < 1.29 is 9.59 Å². The first-order chi connectivity index (χ1) is 14.6. The molecule has 1 atom stereocenters. The van der Waals surface area contributed by atoms with Crippen molar-refractivity contribution in [1.82, 2.24) is 14.4 Å². The molecular weight excluding hydrogens is 374 g/mol. The molecule has 5 heteroatoms. The van der Waals surface area contributed by atoms with Crippen LogP contribution in [0.15, 0.2) is 42.5 Å². The number of piperazine rings is 1. The fourth-order valence-electron chi connectivity index (χ4n) is 5.59. The van der Waals surface area contributed by atoms with Crippen molar-refractivity contribution in [2.45, 2.75) is 44.7 Å². The second-order valence-electron chi connectivity index (χ2n) is 8.87. The largest absolute Gasteiger partial charge is 0.335 e. The number of nitrogens with zero attached hydrogens (tertiary/aromatic N) is 3. The van der Waals surface area contributed by atoms with E-state index in [4.69, 9.17) is 0 Å². The molecule has 2 aliphatic heterocycles. The average molecular weight is 399 g/mol. The number of benzene rings is 2. The highest BCUT2D eigenvalue weighted by Crippen LogP contribution is 2.37. The number of hydrogen-bond acceptors (Lipinski definition) is 2. The van der Waals surface area contributed by atoms with Crippen molar-refractivity contribution in [2.75, 3.05) is 13.6 Å². The average Bonchev–Trinajstić information content (AvgIpc) is 3.10. The summed E-state index contributed by atoms with van der Waals surface area (Å²) in [6.45, 7) is 0.661. The number of hydrogen-bond donors (Lipinski definition) is 0. The SMILES string of the molecule is CN1CC(=O)N2Cc3c(c4ccccc4n3-c3ccc4c(c3)CCCC4)CC2C1=O. The highest BCUT2D eigenvalue weighted by Gasteiger charge is 2.42. The lowest BCUT2D eigenvalue weighted by atomic mass is 9.91. The van der Waals surface area contributed by atoms with E-state index in [2.05, 4.69) is 47.0 Å². The van der Waals surface area contributed by atoms with Crippen molar-refractivity contribution in [3.05, 3.63) is 64.8 Å². The van der Waals surface area contributed by atoms with Gasteiger partial charge in [-0.1, -0.05) is 24.3 Å². The van der Waals surface area contributed by atoms with Crippen molar-refractivity contribution in [1.29, 1.82) is 0 Å². The molecule has 2 amide bonds. The molecule has 0 N–H and O–H groups in total. The van der Waals surface area contributed by atoms with E-state index in [1.165, 1.54) is 47.0 Å². The predicted molar refractivity (Wildman–Crippen MR) is 116 cm³/mol. The highest BCUT2D eigenvalue weighted by atomic mass is 16.2. The number of aryl methyl sites for hydroxylation is 2. The minimum absolute atomic E-state index is 0.0370. The summed E-state index contributed by atoms with van der Waals surface area (Å²) in [5, 5.41) is 1.19. The Hall–Kier alpha value is -3.08. The van der Waals surface area contributed by atoms with Crippen molar-refractivity contribution in [3.8, 4) is 5.69 Å². The Morgan fingerprint density at radius 2 is 1.73 bits per heavy atom. The molecule has 1 unspecified atom stereocenters. The Morgan fingerprint density at radius 1 is 0.933 bits per heavy atom. The molecule has 3 heterocycles. The molecule has 1 aromatic heterocycles. The van der Waals surface area contributed by atoms with Crippen LogP contribution < -0.4 is 0 Å². The molecule has 30 heavy (non-hydrogen) atoms. The molecule has 1 saturated heterocycles. The minimum atomic E-state index is -0.383. The smallest absolute Gasteiger partial charge is 0.245 e. The first-order valence-corrected chi connectivity index (χ1v) is 10.9. The van der Waals surface area contributed by atoms with Crippen LogP contribution in [0.3, 0.4) is 0 Å². The van der Waals surface area contributed by atoms with E-state index < -0.39 is 0 Å². The molecule has 0 bridgehead atoms. The van der Waals surface area contributed by atoms with Crippen molar-refractivity contribution >= 4 is 22.7 Å². The summed E-state index contributed by atoms with van der Waals surface area (Å²) in [6, 6.07) is 14.9. The van der Waals surface area contributed by atoms with E-state index in [0.29, 0.717) is 13.0 Å². The van der Waals surface area contributed by atoms with Crippen molar-refractivity contribution in [3.63, 3.8) is 0 Å².